The number of carbonyl (C=O) groups is 2. The summed E-state index contributed by atoms with van der Waals surface area (Å²) in [5.74, 6) is 0.533. The highest BCUT2D eigenvalue weighted by molar-refractivity contribution is 5.93. The first-order chi connectivity index (χ1) is 7.54. The molecule has 5 heteroatoms. The Morgan fingerprint density at radius 2 is 2.06 bits per heavy atom. The molecule has 0 saturated heterocycles. The van der Waals surface area contributed by atoms with Crippen LogP contribution in [0.1, 0.15) is 19.8 Å². The van der Waals surface area contributed by atoms with Crippen molar-refractivity contribution in [3.8, 4) is 0 Å². The number of urea groups is 1. The minimum absolute atomic E-state index is 0.360. The molecule has 0 bridgehead atoms. The summed E-state index contributed by atoms with van der Waals surface area (Å²) in [5.41, 5.74) is 0.861. The Morgan fingerprint density at radius 3 is 2.50 bits per heavy atom. The third-order valence-electron chi connectivity index (χ3n) is 2.37. The molecule has 16 heavy (non-hydrogen) atoms. The molecule has 1 N–H and O–H groups in total. The van der Waals surface area contributed by atoms with Crippen LogP contribution in [-0.2, 0) is 9.53 Å². The summed E-state index contributed by atoms with van der Waals surface area (Å²) < 4.78 is 5.09. The van der Waals surface area contributed by atoms with Crippen molar-refractivity contribution in [1.29, 1.82) is 0 Å². The molecule has 0 aromatic heterocycles. The maximum absolute atomic E-state index is 11.5. The Hall–Kier alpha value is -1.78. The average Bonchev–Trinajstić information content (AvgIpc) is 2.27. The molecule has 0 atom stereocenters. The number of allylic oxidation sites excluding steroid dienone is 4. The maximum Gasteiger partial charge on any atom is 0.327 e. The summed E-state index contributed by atoms with van der Waals surface area (Å²) in [7, 11) is 3.26. The minimum Gasteiger partial charge on any atom is -0.501 e. The van der Waals surface area contributed by atoms with E-state index in [9.17, 15) is 9.59 Å². The fourth-order valence-corrected chi connectivity index (χ4v) is 1.42. The van der Waals surface area contributed by atoms with Gasteiger partial charge in [0.15, 0.2) is 0 Å². The van der Waals surface area contributed by atoms with E-state index in [4.69, 9.17) is 4.74 Å². The largest absolute Gasteiger partial charge is 0.501 e. The van der Waals surface area contributed by atoms with Crippen molar-refractivity contribution >= 4 is 11.9 Å². The topological polar surface area (TPSA) is 58.6 Å². The maximum atomic E-state index is 11.5. The predicted molar refractivity (Wildman–Crippen MR) is 59.4 cm³/mol. The predicted octanol–water partition coefficient (Wildman–Crippen LogP) is 1.38. The lowest BCUT2D eigenvalue weighted by atomic mass is 10.1. The second kappa shape index (κ2) is 5.34. The van der Waals surface area contributed by atoms with Gasteiger partial charge in [0.05, 0.1) is 12.9 Å². The Bertz CT molecular complexity index is 358. The molecule has 0 unspecified atom stereocenters. The lowest BCUT2D eigenvalue weighted by molar-refractivity contribution is -0.118. The van der Waals surface area contributed by atoms with E-state index in [0.717, 1.165) is 24.3 Å². The molecule has 0 spiro atoms. The van der Waals surface area contributed by atoms with Gasteiger partial charge >= 0.3 is 6.03 Å². The SMILES string of the molecule is COC1=CC=C(N(C)C(=O)NC(C)=O)CC1. The lowest BCUT2D eigenvalue weighted by Gasteiger charge is -2.22. The van der Waals surface area contributed by atoms with Gasteiger partial charge in [-0.15, -0.1) is 0 Å². The standard InChI is InChI=1S/C11H16N2O3/c1-8(14)12-11(15)13(2)9-4-6-10(16-3)7-5-9/h4,6H,5,7H2,1-3H3,(H,12,14,15). The summed E-state index contributed by atoms with van der Waals surface area (Å²) in [6, 6.07) is -0.409. The summed E-state index contributed by atoms with van der Waals surface area (Å²) in [6.45, 7) is 1.31. The van der Waals surface area contributed by atoms with Gasteiger partial charge in [0.1, 0.15) is 0 Å². The van der Waals surface area contributed by atoms with Gasteiger partial charge in [-0.3, -0.25) is 10.1 Å². The van der Waals surface area contributed by atoms with Crippen molar-refractivity contribution in [2.45, 2.75) is 19.8 Å². The van der Waals surface area contributed by atoms with Crippen LogP contribution in [0.5, 0.6) is 0 Å². The first-order valence-electron chi connectivity index (χ1n) is 5.03. The van der Waals surface area contributed by atoms with Gasteiger partial charge in [0, 0.05) is 26.1 Å². The summed E-state index contributed by atoms with van der Waals surface area (Å²) in [4.78, 5) is 23.7. The molecule has 0 aromatic rings. The number of ether oxygens (including phenoxy) is 1. The third-order valence-corrected chi connectivity index (χ3v) is 2.37. The summed E-state index contributed by atoms with van der Waals surface area (Å²) >= 11 is 0. The van der Waals surface area contributed by atoms with E-state index in [1.165, 1.54) is 11.8 Å². The van der Waals surface area contributed by atoms with E-state index in [1.54, 1.807) is 14.2 Å². The normalized spacial score (nSPS) is 14.7. The zero-order valence-electron chi connectivity index (χ0n) is 9.74. The molecule has 0 aromatic carbocycles. The molecule has 0 fully saturated rings. The number of rotatable bonds is 2. The quantitative estimate of drug-likeness (QED) is 0.771. The van der Waals surface area contributed by atoms with Crippen molar-refractivity contribution in [2.75, 3.05) is 14.2 Å². The average molecular weight is 224 g/mol. The van der Waals surface area contributed by atoms with Crippen molar-refractivity contribution in [2.24, 2.45) is 0 Å². The Labute approximate surface area is 94.7 Å². The molecule has 0 aliphatic heterocycles. The molecule has 1 aliphatic carbocycles. The molecule has 0 saturated carbocycles. The highest BCUT2D eigenvalue weighted by Crippen LogP contribution is 2.20. The number of nitrogens with one attached hydrogen (secondary N) is 1. The van der Waals surface area contributed by atoms with Crippen LogP contribution in [0.2, 0.25) is 0 Å². The van der Waals surface area contributed by atoms with Gasteiger partial charge in [0.25, 0.3) is 0 Å². The van der Waals surface area contributed by atoms with Gasteiger partial charge in [0.2, 0.25) is 5.91 Å². The second-order valence-corrected chi connectivity index (χ2v) is 3.54. The van der Waals surface area contributed by atoms with E-state index in [0.29, 0.717) is 0 Å². The van der Waals surface area contributed by atoms with Crippen molar-refractivity contribution in [1.82, 2.24) is 10.2 Å². The summed E-state index contributed by atoms with van der Waals surface area (Å²) in [5, 5.41) is 2.22. The number of amides is 3. The third kappa shape index (κ3) is 3.12. The van der Waals surface area contributed by atoms with Crippen LogP contribution in [0.4, 0.5) is 4.79 Å². The van der Waals surface area contributed by atoms with Crippen LogP contribution < -0.4 is 5.32 Å². The highest BCUT2D eigenvalue weighted by Gasteiger charge is 2.16. The second-order valence-electron chi connectivity index (χ2n) is 3.54. The molecule has 1 rings (SSSR count). The van der Waals surface area contributed by atoms with Crippen LogP contribution >= 0.6 is 0 Å². The molecular formula is C11H16N2O3. The first-order valence-corrected chi connectivity index (χ1v) is 5.03. The smallest absolute Gasteiger partial charge is 0.327 e. The van der Waals surface area contributed by atoms with Crippen molar-refractivity contribution < 1.29 is 14.3 Å². The molecule has 1 aliphatic rings. The van der Waals surface area contributed by atoms with Crippen LogP contribution in [0.15, 0.2) is 23.6 Å². The van der Waals surface area contributed by atoms with Gasteiger partial charge in [-0.1, -0.05) is 0 Å². The number of imide groups is 1. The van der Waals surface area contributed by atoms with Crippen molar-refractivity contribution in [3.05, 3.63) is 23.6 Å². The molecule has 5 nitrogen and oxygen atoms in total. The van der Waals surface area contributed by atoms with Crippen LogP contribution in [0, 0.1) is 0 Å². The van der Waals surface area contributed by atoms with Crippen LogP contribution in [0.25, 0.3) is 0 Å². The van der Waals surface area contributed by atoms with E-state index in [1.807, 2.05) is 12.2 Å². The van der Waals surface area contributed by atoms with E-state index in [-0.39, 0.29) is 5.91 Å². The van der Waals surface area contributed by atoms with Gasteiger partial charge in [-0.2, -0.15) is 0 Å². The molecule has 0 heterocycles. The molecule has 88 valence electrons. The Balaban J connectivity index is 2.65. The van der Waals surface area contributed by atoms with Crippen LogP contribution in [0.3, 0.4) is 0 Å². The molecule has 0 radical (unpaired) electrons. The van der Waals surface area contributed by atoms with Crippen molar-refractivity contribution in [3.63, 3.8) is 0 Å². The number of carbonyl (C=O) groups excluding carboxylic acids is 2. The zero-order valence-corrected chi connectivity index (χ0v) is 9.74. The van der Waals surface area contributed by atoms with Gasteiger partial charge in [-0.05, 0) is 18.6 Å². The lowest BCUT2D eigenvalue weighted by Crippen LogP contribution is -2.39. The molecular weight excluding hydrogens is 208 g/mol. The Kier molecular flexibility index (Phi) is 4.10. The number of hydrogen-bond acceptors (Lipinski definition) is 3. The number of methoxy groups -OCH3 is 1. The highest BCUT2D eigenvalue weighted by atomic mass is 16.5. The zero-order chi connectivity index (χ0) is 12.1. The monoisotopic (exact) mass is 224 g/mol. The van der Waals surface area contributed by atoms with E-state index in [2.05, 4.69) is 5.32 Å². The fourth-order valence-electron chi connectivity index (χ4n) is 1.42. The van der Waals surface area contributed by atoms with E-state index < -0.39 is 6.03 Å². The molecule has 3 amide bonds. The number of hydrogen-bond donors (Lipinski definition) is 1. The summed E-state index contributed by atoms with van der Waals surface area (Å²) in [6.07, 6.45) is 5.14. The van der Waals surface area contributed by atoms with E-state index >= 15 is 0 Å². The Morgan fingerprint density at radius 1 is 1.38 bits per heavy atom. The fraction of sp³-hybridized carbons (Fsp3) is 0.455. The van der Waals surface area contributed by atoms with Crippen LogP contribution in [-0.4, -0.2) is 31.0 Å². The van der Waals surface area contributed by atoms with Gasteiger partial charge < -0.3 is 9.64 Å². The first kappa shape index (κ1) is 12.3. The minimum atomic E-state index is -0.409. The number of nitrogens with zero attached hydrogens (tertiary/aromatic N) is 1. The van der Waals surface area contributed by atoms with Gasteiger partial charge in [-0.25, -0.2) is 4.79 Å².